The number of hydrogen-bond donors (Lipinski definition) is 2. The molecule has 72 valence electrons. The van der Waals surface area contributed by atoms with E-state index in [1.54, 1.807) is 13.8 Å². The number of carboxylic acids is 2. The smallest absolute Gasteiger partial charge is 0.303 e. The van der Waals surface area contributed by atoms with Crippen molar-refractivity contribution in [2.75, 3.05) is 0 Å². The minimum Gasteiger partial charge on any atom is -0.481 e. The molecule has 5 nitrogen and oxygen atoms in total. The third-order valence-electron chi connectivity index (χ3n) is 0.605. The average molecular weight is 178 g/mol. The molecule has 0 spiro atoms. The van der Waals surface area contributed by atoms with Gasteiger partial charge in [-0.25, -0.2) is 0 Å². The third-order valence-corrected chi connectivity index (χ3v) is 0.605. The van der Waals surface area contributed by atoms with E-state index in [4.69, 9.17) is 15.0 Å². The van der Waals surface area contributed by atoms with Gasteiger partial charge in [0.25, 0.3) is 0 Å². The summed E-state index contributed by atoms with van der Waals surface area (Å²) in [5.74, 6) is -1.49. The highest BCUT2D eigenvalue weighted by Gasteiger charge is 1.81. The standard InChI is InChI=1S/2C3H6O2.CH2O/c2*1-2-3(4)5;1-2/h2*2H2,1H3,(H,4,5);1H2. The minimum atomic E-state index is -0.745. The molecule has 0 fully saturated rings. The van der Waals surface area contributed by atoms with Crippen molar-refractivity contribution in [2.24, 2.45) is 0 Å². The fraction of sp³-hybridized carbons (Fsp3) is 0.571. The Morgan fingerprint density at radius 1 is 1.00 bits per heavy atom. The van der Waals surface area contributed by atoms with Crippen molar-refractivity contribution in [2.45, 2.75) is 26.7 Å². The first-order chi connectivity index (χ1) is 5.54. The van der Waals surface area contributed by atoms with Crippen LogP contribution in [-0.4, -0.2) is 28.9 Å². The van der Waals surface area contributed by atoms with Crippen LogP contribution in [0, 0.1) is 0 Å². The molecule has 0 heterocycles. The number of carboxylic acid groups (broad SMARTS) is 2. The van der Waals surface area contributed by atoms with Gasteiger partial charge in [-0.3, -0.25) is 9.59 Å². The first kappa shape index (κ1) is 16.9. The second-order valence-corrected chi connectivity index (χ2v) is 1.49. The molecule has 0 aliphatic rings. The normalized spacial score (nSPS) is 6.50. The van der Waals surface area contributed by atoms with E-state index in [0.29, 0.717) is 0 Å². The van der Waals surface area contributed by atoms with Gasteiger partial charge < -0.3 is 15.0 Å². The van der Waals surface area contributed by atoms with Gasteiger partial charge in [0.2, 0.25) is 0 Å². The van der Waals surface area contributed by atoms with Gasteiger partial charge in [-0.15, -0.1) is 0 Å². The molecule has 0 aromatic rings. The minimum absolute atomic E-state index is 0.222. The molecule has 0 saturated carbocycles. The molecule has 0 rings (SSSR count). The van der Waals surface area contributed by atoms with E-state index in [2.05, 4.69) is 0 Å². The predicted molar refractivity (Wildman–Crippen MR) is 43.0 cm³/mol. The summed E-state index contributed by atoms with van der Waals surface area (Å²) in [5.41, 5.74) is 0. The Morgan fingerprint density at radius 2 is 1.08 bits per heavy atom. The van der Waals surface area contributed by atoms with E-state index in [0.717, 1.165) is 0 Å². The fourth-order valence-corrected chi connectivity index (χ4v) is 0. The van der Waals surface area contributed by atoms with Crippen LogP contribution in [0.1, 0.15) is 26.7 Å². The zero-order valence-corrected chi connectivity index (χ0v) is 7.24. The highest BCUT2D eigenvalue weighted by molar-refractivity contribution is 5.66. The lowest BCUT2D eigenvalue weighted by molar-refractivity contribution is -0.137. The largest absolute Gasteiger partial charge is 0.481 e. The van der Waals surface area contributed by atoms with Gasteiger partial charge in [-0.1, -0.05) is 13.8 Å². The Morgan fingerprint density at radius 3 is 1.08 bits per heavy atom. The van der Waals surface area contributed by atoms with Crippen LogP contribution in [0.4, 0.5) is 0 Å². The Labute approximate surface area is 71.0 Å². The average Bonchev–Trinajstić information content (AvgIpc) is 2.09. The van der Waals surface area contributed by atoms with Gasteiger partial charge in [0.1, 0.15) is 6.79 Å². The molecule has 0 aliphatic carbocycles. The monoisotopic (exact) mass is 178 g/mol. The number of hydrogen-bond acceptors (Lipinski definition) is 3. The summed E-state index contributed by atoms with van der Waals surface area (Å²) in [7, 11) is 0. The van der Waals surface area contributed by atoms with Gasteiger partial charge in [-0.2, -0.15) is 0 Å². The SMILES string of the molecule is C=O.CCC(=O)O.CCC(=O)O. The quantitative estimate of drug-likeness (QED) is 0.651. The number of carbonyl (C=O) groups is 3. The van der Waals surface area contributed by atoms with Crippen LogP contribution in [0.3, 0.4) is 0 Å². The van der Waals surface area contributed by atoms with Crippen LogP contribution < -0.4 is 0 Å². The Balaban J connectivity index is -0.000000112. The van der Waals surface area contributed by atoms with E-state index in [1.807, 2.05) is 6.79 Å². The van der Waals surface area contributed by atoms with Crippen molar-refractivity contribution < 1.29 is 24.6 Å². The molecule has 0 unspecified atom stereocenters. The molecular weight excluding hydrogens is 164 g/mol. The Bertz CT molecular complexity index is 107. The maximum Gasteiger partial charge on any atom is 0.303 e. The second kappa shape index (κ2) is 16.3. The fourth-order valence-electron chi connectivity index (χ4n) is 0. The van der Waals surface area contributed by atoms with Crippen molar-refractivity contribution in [3.63, 3.8) is 0 Å². The van der Waals surface area contributed by atoms with E-state index < -0.39 is 11.9 Å². The van der Waals surface area contributed by atoms with Crippen LogP contribution in [-0.2, 0) is 14.4 Å². The van der Waals surface area contributed by atoms with Crippen molar-refractivity contribution in [1.29, 1.82) is 0 Å². The zero-order valence-electron chi connectivity index (χ0n) is 7.24. The number of rotatable bonds is 2. The first-order valence-corrected chi connectivity index (χ1v) is 3.27. The molecule has 0 aromatic carbocycles. The molecule has 2 N–H and O–H groups in total. The lowest BCUT2D eigenvalue weighted by Gasteiger charge is -1.71. The van der Waals surface area contributed by atoms with Crippen LogP contribution in [0.15, 0.2) is 0 Å². The van der Waals surface area contributed by atoms with Gasteiger partial charge in [0.15, 0.2) is 0 Å². The molecule has 0 atom stereocenters. The molecule has 12 heavy (non-hydrogen) atoms. The summed E-state index contributed by atoms with van der Waals surface area (Å²) >= 11 is 0. The molecule has 0 aromatic heterocycles. The van der Waals surface area contributed by atoms with Crippen molar-refractivity contribution >= 4 is 18.7 Å². The molecule has 0 radical (unpaired) electrons. The summed E-state index contributed by atoms with van der Waals surface area (Å²) in [6.45, 7) is 5.20. The first-order valence-electron chi connectivity index (χ1n) is 3.27. The maximum absolute atomic E-state index is 9.37. The van der Waals surface area contributed by atoms with Gasteiger partial charge in [0, 0.05) is 12.8 Å². The topological polar surface area (TPSA) is 91.7 Å². The lowest BCUT2D eigenvalue weighted by Crippen LogP contribution is -1.86. The van der Waals surface area contributed by atoms with E-state index >= 15 is 0 Å². The van der Waals surface area contributed by atoms with Crippen molar-refractivity contribution in [3.8, 4) is 0 Å². The van der Waals surface area contributed by atoms with Crippen LogP contribution >= 0.6 is 0 Å². The van der Waals surface area contributed by atoms with Crippen LogP contribution in [0.2, 0.25) is 0 Å². The van der Waals surface area contributed by atoms with Crippen LogP contribution in [0.5, 0.6) is 0 Å². The third kappa shape index (κ3) is 73.2. The lowest BCUT2D eigenvalue weighted by atomic mass is 10.5. The Kier molecular flexibility index (Phi) is 23.0. The molecule has 0 amide bonds. The summed E-state index contributed by atoms with van der Waals surface area (Å²) in [4.78, 5) is 26.7. The van der Waals surface area contributed by atoms with E-state index in [1.165, 1.54) is 0 Å². The van der Waals surface area contributed by atoms with Crippen LogP contribution in [0.25, 0.3) is 0 Å². The molecule has 0 bridgehead atoms. The highest BCUT2D eigenvalue weighted by atomic mass is 16.4. The van der Waals surface area contributed by atoms with Gasteiger partial charge in [0.05, 0.1) is 0 Å². The maximum atomic E-state index is 9.37. The predicted octanol–water partition coefficient (Wildman–Crippen LogP) is 0.777. The molecule has 0 saturated heterocycles. The summed E-state index contributed by atoms with van der Waals surface area (Å²) in [5, 5.41) is 15.4. The van der Waals surface area contributed by atoms with Gasteiger partial charge in [-0.05, 0) is 0 Å². The molecular formula is C7H14O5. The molecule has 5 heteroatoms. The summed E-state index contributed by atoms with van der Waals surface area (Å²) < 4.78 is 0. The Hall–Kier alpha value is -1.39. The number of carbonyl (C=O) groups excluding carboxylic acids is 1. The summed E-state index contributed by atoms with van der Waals surface area (Å²) in [6, 6.07) is 0. The highest BCUT2D eigenvalue weighted by Crippen LogP contribution is 1.67. The van der Waals surface area contributed by atoms with Crippen molar-refractivity contribution in [3.05, 3.63) is 0 Å². The number of aliphatic carboxylic acids is 2. The molecule has 0 aliphatic heterocycles. The summed E-state index contributed by atoms with van der Waals surface area (Å²) in [6.07, 6.45) is 0.444. The van der Waals surface area contributed by atoms with E-state index in [-0.39, 0.29) is 12.8 Å². The second-order valence-electron chi connectivity index (χ2n) is 1.49. The van der Waals surface area contributed by atoms with Gasteiger partial charge >= 0.3 is 11.9 Å². The van der Waals surface area contributed by atoms with E-state index in [9.17, 15) is 9.59 Å². The zero-order chi connectivity index (χ0) is 10.6. The van der Waals surface area contributed by atoms with Crippen molar-refractivity contribution in [1.82, 2.24) is 0 Å².